The number of carbonyl (C=O) groups is 1. The molecule has 1 aromatic carbocycles. The third kappa shape index (κ3) is 2.73. The molecule has 0 radical (unpaired) electrons. The van der Waals surface area contributed by atoms with E-state index >= 15 is 0 Å². The van der Waals surface area contributed by atoms with Crippen molar-refractivity contribution in [3.63, 3.8) is 0 Å². The van der Waals surface area contributed by atoms with Crippen LogP contribution in [0.2, 0.25) is 0 Å². The Morgan fingerprint density at radius 3 is 2.20 bits per heavy atom. The maximum Gasteiger partial charge on any atom is 0.335 e. The van der Waals surface area contributed by atoms with Gasteiger partial charge in [0, 0.05) is 12.2 Å². The first-order valence-electron chi connectivity index (χ1n) is 4.38. The summed E-state index contributed by atoms with van der Waals surface area (Å²) in [6.07, 6.45) is 0.286. The predicted molar refractivity (Wildman–Crippen MR) is 48.7 cm³/mol. The van der Waals surface area contributed by atoms with Gasteiger partial charge in [0.2, 0.25) is 0 Å². The lowest BCUT2D eigenvalue weighted by Crippen LogP contribution is -2.03. The van der Waals surface area contributed by atoms with Crippen LogP contribution in [0.15, 0.2) is 12.1 Å². The Balaban J connectivity index is 3.04. The zero-order chi connectivity index (χ0) is 11.4. The van der Waals surface area contributed by atoms with E-state index in [9.17, 15) is 13.6 Å². The molecule has 0 unspecified atom stereocenters. The second kappa shape index (κ2) is 4.84. The van der Waals surface area contributed by atoms with Gasteiger partial charge in [-0.2, -0.15) is 0 Å². The number of carboxylic acid groups (broad SMARTS) is 1. The SMILES string of the molecule is O=C(O)c1cc(F)c(CCCO)c(F)c1. The maximum atomic E-state index is 13.2. The fourth-order valence-corrected chi connectivity index (χ4v) is 1.22. The number of carboxylic acids is 1. The van der Waals surface area contributed by atoms with Crippen molar-refractivity contribution in [1.82, 2.24) is 0 Å². The van der Waals surface area contributed by atoms with E-state index in [1.54, 1.807) is 0 Å². The molecule has 3 nitrogen and oxygen atoms in total. The smallest absolute Gasteiger partial charge is 0.335 e. The highest BCUT2D eigenvalue weighted by Crippen LogP contribution is 2.17. The van der Waals surface area contributed by atoms with Crippen molar-refractivity contribution < 1.29 is 23.8 Å². The fourth-order valence-electron chi connectivity index (χ4n) is 1.22. The minimum atomic E-state index is -1.37. The van der Waals surface area contributed by atoms with Gasteiger partial charge in [0.15, 0.2) is 0 Å². The molecule has 5 heteroatoms. The normalized spacial score (nSPS) is 10.3. The molecule has 0 aliphatic heterocycles. The lowest BCUT2D eigenvalue weighted by molar-refractivity contribution is 0.0695. The van der Waals surface area contributed by atoms with Gasteiger partial charge >= 0.3 is 5.97 Å². The van der Waals surface area contributed by atoms with E-state index < -0.39 is 23.2 Å². The first kappa shape index (κ1) is 11.6. The van der Waals surface area contributed by atoms with Gasteiger partial charge in [-0.1, -0.05) is 0 Å². The van der Waals surface area contributed by atoms with Gasteiger partial charge in [-0.15, -0.1) is 0 Å². The summed E-state index contributed by atoms with van der Waals surface area (Å²) in [5.74, 6) is -3.15. The van der Waals surface area contributed by atoms with Crippen molar-refractivity contribution in [2.24, 2.45) is 0 Å². The molecule has 0 saturated carbocycles. The van der Waals surface area contributed by atoms with Crippen LogP contribution in [0.25, 0.3) is 0 Å². The molecule has 82 valence electrons. The average Bonchev–Trinajstić information content (AvgIpc) is 2.16. The molecule has 0 aliphatic carbocycles. The van der Waals surface area contributed by atoms with Crippen molar-refractivity contribution in [1.29, 1.82) is 0 Å². The summed E-state index contributed by atoms with van der Waals surface area (Å²) in [5.41, 5.74) is -0.605. The summed E-state index contributed by atoms with van der Waals surface area (Å²) < 4.78 is 26.4. The second-order valence-corrected chi connectivity index (χ2v) is 3.05. The van der Waals surface area contributed by atoms with Gasteiger partial charge in [-0.3, -0.25) is 0 Å². The van der Waals surface area contributed by atoms with Crippen molar-refractivity contribution in [3.8, 4) is 0 Å². The van der Waals surface area contributed by atoms with Crippen molar-refractivity contribution in [2.45, 2.75) is 12.8 Å². The molecule has 0 saturated heterocycles. The second-order valence-electron chi connectivity index (χ2n) is 3.05. The highest BCUT2D eigenvalue weighted by Gasteiger charge is 2.13. The molecule has 0 fully saturated rings. The summed E-state index contributed by atoms with van der Waals surface area (Å²) >= 11 is 0. The fraction of sp³-hybridized carbons (Fsp3) is 0.300. The molecular weight excluding hydrogens is 206 g/mol. The molecule has 0 aliphatic rings. The van der Waals surface area contributed by atoms with E-state index in [-0.39, 0.29) is 25.0 Å². The topological polar surface area (TPSA) is 57.5 Å². The third-order valence-electron chi connectivity index (χ3n) is 1.97. The molecule has 2 N–H and O–H groups in total. The molecule has 0 atom stereocenters. The molecule has 0 spiro atoms. The molecule has 0 heterocycles. The van der Waals surface area contributed by atoms with E-state index in [0.29, 0.717) is 0 Å². The van der Waals surface area contributed by atoms with Gasteiger partial charge < -0.3 is 10.2 Å². The van der Waals surface area contributed by atoms with Gasteiger partial charge in [0.25, 0.3) is 0 Å². The van der Waals surface area contributed by atoms with E-state index in [1.165, 1.54) is 0 Å². The molecule has 1 aromatic rings. The number of aliphatic hydroxyl groups is 1. The van der Waals surface area contributed by atoms with Gasteiger partial charge in [0.05, 0.1) is 5.56 Å². The number of hydrogen-bond donors (Lipinski definition) is 2. The van der Waals surface area contributed by atoms with Crippen LogP contribution in [-0.4, -0.2) is 22.8 Å². The van der Waals surface area contributed by atoms with Crippen LogP contribution in [0.1, 0.15) is 22.3 Å². The highest BCUT2D eigenvalue weighted by atomic mass is 19.1. The zero-order valence-electron chi connectivity index (χ0n) is 7.83. The zero-order valence-corrected chi connectivity index (χ0v) is 7.83. The quantitative estimate of drug-likeness (QED) is 0.803. The lowest BCUT2D eigenvalue weighted by Gasteiger charge is -2.05. The Kier molecular flexibility index (Phi) is 3.74. The summed E-state index contributed by atoms with van der Waals surface area (Å²) in [4.78, 5) is 10.5. The Hall–Kier alpha value is -1.49. The number of aliphatic hydroxyl groups excluding tert-OH is 1. The van der Waals surface area contributed by atoms with Crippen molar-refractivity contribution in [2.75, 3.05) is 6.61 Å². The van der Waals surface area contributed by atoms with E-state index in [4.69, 9.17) is 10.2 Å². The van der Waals surface area contributed by atoms with E-state index in [1.807, 2.05) is 0 Å². The lowest BCUT2D eigenvalue weighted by atomic mass is 10.1. The number of halogens is 2. The number of rotatable bonds is 4. The van der Waals surface area contributed by atoms with Crippen LogP contribution in [0.5, 0.6) is 0 Å². The van der Waals surface area contributed by atoms with Crippen LogP contribution in [0.3, 0.4) is 0 Å². The number of hydrogen-bond acceptors (Lipinski definition) is 2. The maximum absolute atomic E-state index is 13.2. The standard InChI is InChI=1S/C10H10F2O3/c11-8-4-6(10(14)15)5-9(12)7(8)2-1-3-13/h4-5,13H,1-3H2,(H,14,15). The molecule has 1 rings (SSSR count). The number of benzene rings is 1. The van der Waals surface area contributed by atoms with Crippen molar-refractivity contribution >= 4 is 5.97 Å². The summed E-state index contributed by atoms with van der Waals surface area (Å²) in [5, 5.41) is 17.0. The highest BCUT2D eigenvalue weighted by molar-refractivity contribution is 5.87. The van der Waals surface area contributed by atoms with Crippen LogP contribution in [0.4, 0.5) is 8.78 Å². The van der Waals surface area contributed by atoms with Crippen LogP contribution < -0.4 is 0 Å². The predicted octanol–water partition coefficient (Wildman–Crippen LogP) is 1.59. The van der Waals surface area contributed by atoms with Gasteiger partial charge in [-0.05, 0) is 25.0 Å². The third-order valence-corrected chi connectivity index (χ3v) is 1.97. The first-order valence-corrected chi connectivity index (χ1v) is 4.38. The molecule has 15 heavy (non-hydrogen) atoms. The van der Waals surface area contributed by atoms with E-state index in [2.05, 4.69) is 0 Å². The molecule has 0 bridgehead atoms. The Morgan fingerprint density at radius 1 is 1.27 bits per heavy atom. The Morgan fingerprint density at radius 2 is 1.80 bits per heavy atom. The largest absolute Gasteiger partial charge is 0.478 e. The number of aromatic carboxylic acids is 1. The molecule has 0 amide bonds. The average molecular weight is 216 g/mol. The first-order chi connectivity index (χ1) is 7.06. The molecule has 0 aromatic heterocycles. The van der Waals surface area contributed by atoms with Crippen molar-refractivity contribution in [3.05, 3.63) is 34.9 Å². The Bertz CT molecular complexity index is 354. The molecular formula is C10H10F2O3. The minimum Gasteiger partial charge on any atom is -0.478 e. The minimum absolute atomic E-state index is 0.0497. The van der Waals surface area contributed by atoms with Crippen LogP contribution >= 0.6 is 0 Å². The van der Waals surface area contributed by atoms with Crippen LogP contribution in [-0.2, 0) is 6.42 Å². The summed E-state index contributed by atoms with van der Waals surface area (Å²) in [6, 6.07) is 1.55. The van der Waals surface area contributed by atoms with Gasteiger partial charge in [-0.25, -0.2) is 13.6 Å². The summed E-state index contributed by atoms with van der Waals surface area (Å²) in [6.45, 7) is -0.167. The van der Waals surface area contributed by atoms with Crippen LogP contribution in [0, 0.1) is 11.6 Å². The van der Waals surface area contributed by atoms with Gasteiger partial charge in [0.1, 0.15) is 11.6 Å². The monoisotopic (exact) mass is 216 g/mol. The summed E-state index contributed by atoms with van der Waals surface area (Å²) in [7, 11) is 0. The van der Waals surface area contributed by atoms with E-state index in [0.717, 1.165) is 12.1 Å². The Labute approximate surface area is 85.0 Å².